The van der Waals surface area contributed by atoms with Crippen molar-refractivity contribution in [3.05, 3.63) is 31.2 Å². The number of nitrogens with zero attached hydrogens (tertiary/aromatic N) is 1. The van der Waals surface area contributed by atoms with E-state index < -0.39 is 22.9 Å². The summed E-state index contributed by atoms with van der Waals surface area (Å²) in [5.74, 6) is -1.38. The van der Waals surface area contributed by atoms with Crippen LogP contribution >= 0.6 is 46.4 Å². The zero-order chi connectivity index (χ0) is 15.0. The van der Waals surface area contributed by atoms with Gasteiger partial charge in [0, 0.05) is 0 Å². The average Bonchev–Trinajstić information content (AvgIpc) is 2.87. The molecule has 0 saturated carbocycles. The molecule has 2 aliphatic heterocycles. The van der Waals surface area contributed by atoms with E-state index in [1.807, 2.05) is 0 Å². The SMILES string of the molecule is [B]C1[B]C1([B])N1C(=O)c2c(Cl)c(Cl)c(Cl)c(Cl)c2C1=O. The Morgan fingerprint density at radius 2 is 1.30 bits per heavy atom. The van der Waals surface area contributed by atoms with Crippen LogP contribution in [0.4, 0.5) is 0 Å². The summed E-state index contributed by atoms with van der Waals surface area (Å²) in [5, 5.41) is -1.77. The molecule has 0 bridgehead atoms. The van der Waals surface area contributed by atoms with Crippen molar-refractivity contribution < 1.29 is 9.59 Å². The van der Waals surface area contributed by atoms with Gasteiger partial charge >= 0.3 is 0 Å². The van der Waals surface area contributed by atoms with Crippen molar-refractivity contribution in [2.75, 3.05) is 0 Å². The minimum atomic E-state index is -1.33. The number of amides is 2. The smallest absolute Gasteiger partial charge is 0.262 e. The molecule has 0 N–H and O–H groups in total. The van der Waals surface area contributed by atoms with Gasteiger partial charge in [-0.1, -0.05) is 52.1 Å². The van der Waals surface area contributed by atoms with Crippen LogP contribution in [0.25, 0.3) is 0 Å². The summed E-state index contributed by atoms with van der Waals surface area (Å²) in [6.45, 7) is 0. The Hall–Kier alpha value is -0.285. The highest BCUT2D eigenvalue weighted by atomic mass is 35.5. The Labute approximate surface area is 137 Å². The third-order valence-corrected chi connectivity index (χ3v) is 5.16. The highest BCUT2D eigenvalue weighted by Crippen LogP contribution is 2.49. The summed E-state index contributed by atoms with van der Waals surface area (Å²) in [5.41, 5.74) is -0.810. The van der Waals surface area contributed by atoms with Gasteiger partial charge in [0.05, 0.1) is 46.9 Å². The minimum Gasteiger partial charge on any atom is -0.287 e. The molecule has 2 heterocycles. The second kappa shape index (κ2) is 4.36. The number of imide groups is 1. The maximum Gasteiger partial charge on any atom is 0.262 e. The van der Waals surface area contributed by atoms with Crippen molar-refractivity contribution in [1.82, 2.24) is 4.90 Å². The van der Waals surface area contributed by atoms with Gasteiger partial charge in [-0.2, -0.15) is 0 Å². The van der Waals surface area contributed by atoms with Crippen molar-refractivity contribution in [1.29, 1.82) is 0 Å². The van der Waals surface area contributed by atoms with E-state index in [0.29, 0.717) is 0 Å². The highest BCUT2D eigenvalue weighted by molar-refractivity contribution is 6.79. The van der Waals surface area contributed by atoms with Crippen LogP contribution in [0.15, 0.2) is 0 Å². The van der Waals surface area contributed by atoms with Crippen molar-refractivity contribution in [2.24, 2.45) is 0 Å². The van der Waals surface area contributed by atoms with Crippen molar-refractivity contribution in [3.8, 4) is 0 Å². The topological polar surface area (TPSA) is 37.4 Å². The minimum absolute atomic E-state index is 0.0878. The van der Waals surface area contributed by atoms with Gasteiger partial charge in [-0.15, -0.1) is 0 Å². The molecule has 2 amide bonds. The Kier molecular flexibility index (Phi) is 3.19. The van der Waals surface area contributed by atoms with E-state index in [-0.39, 0.29) is 31.2 Å². The Morgan fingerprint density at radius 1 is 0.950 bits per heavy atom. The zero-order valence-electron chi connectivity index (χ0n) is 9.58. The van der Waals surface area contributed by atoms with E-state index in [1.54, 1.807) is 0 Å². The second-order valence-electron chi connectivity index (χ2n) is 4.53. The van der Waals surface area contributed by atoms with Gasteiger partial charge < -0.3 is 0 Å². The lowest BCUT2D eigenvalue weighted by molar-refractivity contribution is 0.0634. The number of carbonyl (C=O) groups excluding carboxylic acids is 2. The molecule has 95 valence electrons. The first-order valence-electron chi connectivity index (χ1n) is 5.37. The molecule has 2 aliphatic rings. The van der Waals surface area contributed by atoms with Crippen LogP contribution in [-0.2, 0) is 0 Å². The van der Waals surface area contributed by atoms with Gasteiger partial charge in [0.1, 0.15) is 7.28 Å². The van der Waals surface area contributed by atoms with Gasteiger partial charge in [-0.3, -0.25) is 14.5 Å². The largest absolute Gasteiger partial charge is 0.287 e. The molecular weight excluding hydrogens is 340 g/mol. The fourth-order valence-corrected chi connectivity index (χ4v) is 3.18. The lowest BCUT2D eigenvalue weighted by Crippen LogP contribution is -2.44. The average molecular weight is 341 g/mol. The molecule has 0 spiro atoms. The molecule has 5 radical (unpaired) electrons. The Bertz CT molecular complexity index is 651. The number of hydrogen-bond acceptors (Lipinski definition) is 2. The van der Waals surface area contributed by atoms with E-state index in [2.05, 4.69) is 0 Å². The molecule has 2 atom stereocenters. The zero-order valence-corrected chi connectivity index (χ0v) is 12.6. The van der Waals surface area contributed by atoms with E-state index in [1.165, 1.54) is 7.28 Å². The summed E-state index contributed by atoms with van der Waals surface area (Å²) >= 11 is 23.8. The first-order valence-corrected chi connectivity index (χ1v) is 6.88. The van der Waals surface area contributed by atoms with E-state index >= 15 is 0 Å². The van der Waals surface area contributed by atoms with Crippen LogP contribution in [0.5, 0.6) is 0 Å². The van der Waals surface area contributed by atoms with Gasteiger partial charge in [-0.25, -0.2) is 0 Å². The number of carbonyl (C=O) groups is 2. The van der Waals surface area contributed by atoms with Crippen molar-refractivity contribution >= 4 is 81.2 Å². The number of halogens is 4. The van der Waals surface area contributed by atoms with E-state index in [0.717, 1.165) is 4.90 Å². The van der Waals surface area contributed by atoms with Crippen LogP contribution in [-0.4, -0.2) is 45.0 Å². The lowest BCUT2D eigenvalue weighted by atomic mass is 9.77. The molecule has 1 saturated heterocycles. The molecule has 3 rings (SSSR count). The number of hydrogen-bond donors (Lipinski definition) is 0. The standard InChI is InChI=1S/C10HB3Cl4NO2/c11-9-10(12,13-9)18-7(19)1-2(8(18)20)4(15)6(17)5(16)3(1)14/h9H. The number of benzene rings is 1. The molecule has 3 nitrogen and oxygen atoms in total. The second-order valence-corrected chi connectivity index (χ2v) is 6.04. The molecule has 1 aromatic carbocycles. The fraction of sp³-hybridized carbons (Fsp3) is 0.200. The van der Waals surface area contributed by atoms with Crippen LogP contribution in [0.1, 0.15) is 20.7 Å². The summed E-state index contributed by atoms with van der Waals surface area (Å²) in [7, 11) is 13.0. The van der Waals surface area contributed by atoms with E-state index in [4.69, 9.17) is 62.1 Å². The van der Waals surface area contributed by atoms with Crippen LogP contribution in [0, 0.1) is 0 Å². The van der Waals surface area contributed by atoms with Gasteiger partial charge in [0.15, 0.2) is 0 Å². The first kappa shape index (κ1) is 14.6. The molecule has 10 heteroatoms. The third-order valence-electron chi connectivity index (χ3n) is 3.36. The molecule has 0 aliphatic carbocycles. The van der Waals surface area contributed by atoms with Crippen LogP contribution in [0.2, 0.25) is 25.8 Å². The maximum atomic E-state index is 12.4. The summed E-state index contributed by atoms with van der Waals surface area (Å²) in [4.78, 5) is 25.6. The molecule has 20 heavy (non-hydrogen) atoms. The predicted molar refractivity (Wildman–Crippen MR) is 80.7 cm³/mol. The normalized spacial score (nSPS) is 27.6. The third kappa shape index (κ3) is 1.65. The van der Waals surface area contributed by atoms with Gasteiger partial charge in [-0.05, 0) is 5.34 Å². The van der Waals surface area contributed by atoms with Crippen molar-refractivity contribution in [3.63, 3.8) is 0 Å². The maximum absolute atomic E-state index is 12.4. The number of rotatable bonds is 1. The number of fused-ring (bicyclic) bond motifs is 1. The quantitative estimate of drug-likeness (QED) is 0.340. The Balaban J connectivity index is 2.25. The van der Waals surface area contributed by atoms with Crippen LogP contribution < -0.4 is 0 Å². The summed E-state index contributed by atoms with van der Waals surface area (Å²) < 4.78 is 0. The van der Waals surface area contributed by atoms with E-state index in [9.17, 15) is 9.59 Å². The van der Waals surface area contributed by atoms with Gasteiger partial charge in [0.25, 0.3) is 11.8 Å². The molecule has 0 aromatic heterocycles. The van der Waals surface area contributed by atoms with Crippen LogP contribution in [0.3, 0.4) is 0 Å². The summed E-state index contributed by atoms with van der Waals surface area (Å²) in [6, 6.07) is 0. The monoisotopic (exact) mass is 340 g/mol. The molecule has 1 fully saturated rings. The molecular formula is C10HB3Cl4NO2. The Morgan fingerprint density at radius 3 is 1.60 bits per heavy atom. The summed E-state index contributed by atoms with van der Waals surface area (Å²) in [6.07, 6.45) is 0. The van der Waals surface area contributed by atoms with Gasteiger partial charge in [0.2, 0.25) is 0 Å². The van der Waals surface area contributed by atoms with Crippen molar-refractivity contribution in [2.45, 2.75) is 11.1 Å². The predicted octanol–water partition coefficient (Wildman–Crippen LogP) is 2.35. The first-order chi connectivity index (χ1) is 9.21. The fourth-order valence-electron chi connectivity index (χ4n) is 2.16. The highest BCUT2D eigenvalue weighted by Gasteiger charge is 2.58. The molecule has 1 aromatic rings. The lowest BCUT2D eigenvalue weighted by Gasteiger charge is -2.24. The molecule has 2 unspecified atom stereocenters.